The molecule has 0 atom stereocenters. The van der Waals surface area contributed by atoms with Gasteiger partial charge in [0.15, 0.2) is 0 Å². The minimum Gasteiger partial charge on any atom is -0.486 e. The van der Waals surface area contributed by atoms with Crippen LogP contribution in [0.4, 0.5) is 4.39 Å². The minimum absolute atomic E-state index is 0.261. The lowest BCUT2D eigenvalue weighted by atomic mass is 9.96. The molecule has 0 aliphatic rings. The molecular formula is C26H21FNO. The largest absolute Gasteiger partial charge is 0.486 e. The van der Waals surface area contributed by atoms with E-state index in [0.717, 1.165) is 38.7 Å². The summed E-state index contributed by atoms with van der Waals surface area (Å²) in [5, 5.41) is 1.95. The van der Waals surface area contributed by atoms with E-state index >= 15 is 0 Å². The van der Waals surface area contributed by atoms with Crippen LogP contribution in [0.25, 0.3) is 16.3 Å². The van der Waals surface area contributed by atoms with Crippen molar-refractivity contribution in [2.24, 2.45) is 0 Å². The maximum absolute atomic E-state index is 13.2. The summed E-state index contributed by atoms with van der Waals surface area (Å²) >= 11 is 0. The van der Waals surface area contributed by atoms with Crippen molar-refractivity contribution in [2.45, 2.75) is 13.5 Å². The van der Waals surface area contributed by atoms with E-state index in [1.807, 2.05) is 49.4 Å². The first-order valence-corrected chi connectivity index (χ1v) is 9.41. The summed E-state index contributed by atoms with van der Waals surface area (Å²) in [6.45, 7) is 10.7. The molecule has 1 heterocycles. The molecule has 143 valence electrons. The van der Waals surface area contributed by atoms with Crippen molar-refractivity contribution in [1.29, 1.82) is 0 Å². The van der Waals surface area contributed by atoms with Gasteiger partial charge in [-0.1, -0.05) is 55.1 Å². The number of nitrogens with zero attached hydrogens (tertiary/aromatic N) is 1. The zero-order chi connectivity index (χ0) is 20.4. The highest BCUT2D eigenvalue weighted by Crippen LogP contribution is 2.33. The highest BCUT2D eigenvalue weighted by molar-refractivity contribution is 5.94. The number of hydrogen-bond donors (Lipinski definition) is 0. The third kappa shape index (κ3) is 3.90. The zero-order valence-corrected chi connectivity index (χ0v) is 16.3. The van der Waals surface area contributed by atoms with Gasteiger partial charge < -0.3 is 4.74 Å². The van der Waals surface area contributed by atoms with Crippen LogP contribution in [-0.4, -0.2) is 4.98 Å². The Kier molecular flexibility index (Phi) is 5.13. The Morgan fingerprint density at radius 1 is 0.931 bits per heavy atom. The number of aryl methyl sites for hydroxylation is 1. The Bertz CT molecular complexity index is 1180. The van der Waals surface area contributed by atoms with E-state index < -0.39 is 0 Å². The Morgan fingerprint density at radius 2 is 1.62 bits per heavy atom. The van der Waals surface area contributed by atoms with Crippen LogP contribution in [0, 0.1) is 19.7 Å². The van der Waals surface area contributed by atoms with Gasteiger partial charge in [-0.25, -0.2) is 4.39 Å². The van der Waals surface area contributed by atoms with Gasteiger partial charge in [-0.3, -0.25) is 4.98 Å². The average molecular weight is 382 g/mol. The topological polar surface area (TPSA) is 22.1 Å². The van der Waals surface area contributed by atoms with Crippen molar-refractivity contribution < 1.29 is 9.13 Å². The van der Waals surface area contributed by atoms with Crippen molar-refractivity contribution in [3.63, 3.8) is 0 Å². The highest BCUT2D eigenvalue weighted by Gasteiger charge is 2.13. The van der Waals surface area contributed by atoms with Crippen LogP contribution in [0.1, 0.15) is 28.1 Å². The number of halogens is 1. The Balaban J connectivity index is 1.71. The van der Waals surface area contributed by atoms with Crippen LogP contribution in [0.3, 0.4) is 0 Å². The zero-order valence-electron chi connectivity index (χ0n) is 16.3. The Morgan fingerprint density at radius 3 is 2.34 bits per heavy atom. The molecule has 29 heavy (non-hydrogen) atoms. The van der Waals surface area contributed by atoms with Crippen LogP contribution >= 0.6 is 0 Å². The van der Waals surface area contributed by atoms with Crippen molar-refractivity contribution in [1.82, 2.24) is 4.98 Å². The van der Waals surface area contributed by atoms with Gasteiger partial charge in [0.1, 0.15) is 18.2 Å². The Hall–Kier alpha value is -3.46. The van der Waals surface area contributed by atoms with Crippen molar-refractivity contribution in [3.05, 3.63) is 120 Å². The molecule has 0 saturated carbocycles. The molecule has 4 aromatic rings. The third-order valence-electron chi connectivity index (χ3n) is 4.99. The summed E-state index contributed by atoms with van der Waals surface area (Å²) in [6.07, 6.45) is 0. The van der Waals surface area contributed by atoms with E-state index in [0.29, 0.717) is 18.1 Å². The SMILES string of the molecule is [CH2]c1nc(C)c2cc(C(=C)c3ccc(F)cc3)ccc2c1OCc1ccccc1. The van der Waals surface area contributed by atoms with Crippen LogP contribution in [-0.2, 0) is 6.61 Å². The average Bonchev–Trinajstić information content (AvgIpc) is 2.74. The molecule has 0 N–H and O–H groups in total. The van der Waals surface area contributed by atoms with Crippen LogP contribution < -0.4 is 4.74 Å². The van der Waals surface area contributed by atoms with E-state index in [4.69, 9.17) is 4.74 Å². The van der Waals surface area contributed by atoms with E-state index in [1.165, 1.54) is 12.1 Å². The fraction of sp³-hybridized carbons (Fsp3) is 0.0769. The summed E-state index contributed by atoms with van der Waals surface area (Å²) in [7, 11) is 0. The monoisotopic (exact) mass is 382 g/mol. The van der Waals surface area contributed by atoms with Crippen molar-refractivity contribution >= 4 is 16.3 Å². The highest BCUT2D eigenvalue weighted by atomic mass is 19.1. The number of fused-ring (bicyclic) bond motifs is 1. The molecule has 0 aliphatic carbocycles. The summed E-state index contributed by atoms with van der Waals surface area (Å²) in [5.41, 5.74) is 5.26. The predicted molar refractivity (Wildman–Crippen MR) is 116 cm³/mol. The second-order valence-corrected chi connectivity index (χ2v) is 6.99. The van der Waals surface area contributed by atoms with Crippen molar-refractivity contribution in [3.8, 4) is 5.75 Å². The maximum Gasteiger partial charge on any atom is 0.149 e. The second-order valence-electron chi connectivity index (χ2n) is 6.99. The molecule has 0 bridgehead atoms. The summed E-state index contributed by atoms with van der Waals surface area (Å²) in [5.74, 6) is 0.427. The van der Waals surface area contributed by atoms with Gasteiger partial charge in [0.2, 0.25) is 0 Å². The summed E-state index contributed by atoms with van der Waals surface area (Å²) < 4.78 is 19.3. The number of rotatable bonds is 5. The number of ether oxygens (including phenoxy) is 1. The fourth-order valence-corrected chi connectivity index (χ4v) is 3.41. The third-order valence-corrected chi connectivity index (χ3v) is 4.99. The minimum atomic E-state index is -0.261. The van der Waals surface area contributed by atoms with Gasteiger partial charge in [0.25, 0.3) is 0 Å². The number of pyridine rings is 1. The van der Waals surface area contributed by atoms with E-state index in [2.05, 4.69) is 24.6 Å². The molecule has 0 spiro atoms. The molecular weight excluding hydrogens is 361 g/mol. The quantitative estimate of drug-likeness (QED) is 0.393. The van der Waals surface area contributed by atoms with Crippen LogP contribution in [0.2, 0.25) is 0 Å². The molecule has 1 aromatic heterocycles. The molecule has 0 aliphatic heterocycles. The Labute approximate surface area is 170 Å². The first-order chi connectivity index (χ1) is 14.0. The number of aromatic nitrogens is 1. The summed E-state index contributed by atoms with van der Waals surface area (Å²) in [4.78, 5) is 4.58. The molecule has 3 aromatic carbocycles. The molecule has 0 saturated heterocycles. The molecule has 0 fully saturated rings. The second kappa shape index (κ2) is 7.88. The lowest BCUT2D eigenvalue weighted by molar-refractivity contribution is 0.307. The molecule has 4 rings (SSSR count). The lowest BCUT2D eigenvalue weighted by Crippen LogP contribution is -2.01. The predicted octanol–water partition coefficient (Wildman–Crippen LogP) is 6.51. The molecule has 0 unspecified atom stereocenters. The van der Waals surface area contributed by atoms with E-state index in [1.54, 1.807) is 12.1 Å². The van der Waals surface area contributed by atoms with Gasteiger partial charge in [-0.2, -0.15) is 0 Å². The van der Waals surface area contributed by atoms with Gasteiger partial charge in [-0.05, 0) is 60.4 Å². The summed E-state index contributed by atoms with van der Waals surface area (Å²) in [6, 6.07) is 22.4. The van der Waals surface area contributed by atoms with Gasteiger partial charge in [0.05, 0.1) is 5.69 Å². The molecule has 3 heteroatoms. The molecule has 1 radical (unpaired) electrons. The molecule has 2 nitrogen and oxygen atoms in total. The standard InChI is InChI=1S/C26H21FNO/c1-17(21-9-12-23(27)13-10-21)22-11-14-24-25(15-22)18(2)28-19(3)26(24)29-16-20-7-5-4-6-8-20/h4-15H,1,3,16H2,2H3. The fourth-order valence-electron chi connectivity index (χ4n) is 3.41. The van der Waals surface area contributed by atoms with E-state index in [-0.39, 0.29) is 5.82 Å². The first-order valence-electron chi connectivity index (χ1n) is 9.41. The number of hydrogen-bond acceptors (Lipinski definition) is 2. The van der Waals surface area contributed by atoms with Gasteiger partial charge in [0, 0.05) is 16.5 Å². The van der Waals surface area contributed by atoms with Crippen molar-refractivity contribution in [2.75, 3.05) is 0 Å². The maximum atomic E-state index is 13.2. The number of benzene rings is 3. The van der Waals surface area contributed by atoms with Gasteiger partial charge >= 0.3 is 0 Å². The van der Waals surface area contributed by atoms with Crippen LogP contribution in [0.5, 0.6) is 5.75 Å². The smallest absolute Gasteiger partial charge is 0.149 e. The van der Waals surface area contributed by atoms with E-state index in [9.17, 15) is 4.39 Å². The normalized spacial score (nSPS) is 10.9. The van der Waals surface area contributed by atoms with Crippen LogP contribution in [0.15, 0.2) is 79.4 Å². The van der Waals surface area contributed by atoms with Gasteiger partial charge in [-0.15, -0.1) is 0 Å². The first kappa shape index (κ1) is 18.9. The lowest BCUT2D eigenvalue weighted by Gasteiger charge is -2.15. The molecule has 0 amide bonds.